The minimum Gasteiger partial charge on any atom is -0.383 e. The number of methoxy groups -OCH3 is 1. The van der Waals surface area contributed by atoms with Gasteiger partial charge in [0.25, 0.3) is 11.8 Å². The summed E-state index contributed by atoms with van der Waals surface area (Å²) in [5.74, 6) is -0.109. The molecule has 1 aliphatic heterocycles. The van der Waals surface area contributed by atoms with Gasteiger partial charge in [-0.2, -0.15) is 0 Å². The van der Waals surface area contributed by atoms with E-state index in [2.05, 4.69) is 16.4 Å². The molecule has 0 saturated carbocycles. The molecule has 0 radical (unpaired) electrons. The van der Waals surface area contributed by atoms with Crippen molar-refractivity contribution in [1.82, 2.24) is 15.2 Å². The average Bonchev–Trinajstić information content (AvgIpc) is 3.18. The predicted molar refractivity (Wildman–Crippen MR) is 123 cm³/mol. The van der Waals surface area contributed by atoms with E-state index in [1.54, 1.807) is 19.4 Å². The van der Waals surface area contributed by atoms with Crippen LogP contribution in [0.3, 0.4) is 0 Å². The molecule has 0 spiro atoms. The second kappa shape index (κ2) is 10.0. The molecule has 0 aliphatic carbocycles. The number of hydrogen-bond donors (Lipinski definition) is 1. The molecule has 1 saturated heterocycles. The summed E-state index contributed by atoms with van der Waals surface area (Å²) in [6.07, 6.45) is 5.31. The lowest BCUT2D eigenvalue weighted by atomic mass is 9.93. The Morgan fingerprint density at radius 3 is 2.84 bits per heavy atom. The van der Waals surface area contributed by atoms with Gasteiger partial charge >= 0.3 is 0 Å². The smallest absolute Gasteiger partial charge is 0.272 e. The average molecular weight is 438 g/mol. The first kappa shape index (κ1) is 21.5. The fraction of sp³-hybridized carbons (Fsp3) is 0.375. The first-order valence-electron chi connectivity index (χ1n) is 10.7. The van der Waals surface area contributed by atoms with E-state index in [0.717, 1.165) is 46.3 Å². The van der Waals surface area contributed by atoms with E-state index in [9.17, 15) is 9.59 Å². The molecular formula is C24H27N3O3S. The molecule has 1 N–H and O–H groups in total. The van der Waals surface area contributed by atoms with Gasteiger partial charge in [0, 0.05) is 37.1 Å². The van der Waals surface area contributed by atoms with Crippen molar-refractivity contribution in [2.45, 2.75) is 31.7 Å². The summed E-state index contributed by atoms with van der Waals surface area (Å²) in [4.78, 5) is 33.0. The van der Waals surface area contributed by atoms with Crippen LogP contribution in [0, 0.1) is 0 Å². The molecule has 6 nitrogen and oxygen atoms in total. The summed E-state index contributed by atoms with van der Waals surface area (Å²) < 4.78 is 6.15. The number of ether oxygens (including phenoxy) is 1. The summed E-state index contributed by atoms with van der Waals surface area (Å²) in [5.41, 5.74) is 1.50. The van der Waals surface area contributed by atoms with Crippen molar-refractivity contribution < 1.29 is 14.3 Å². The number of benzene rings is 1. The van der Waals surface area contributed by atoms with Gasteiger partial charge in [0.2, 0.25) is 0 Å². The Labute approximate surface area is 186 Å². The lowest BCUT2D eigenvalue weighted by Gasteiger charge is -2.36. The van der Waals surface area contributed by atoms with Crippen molar-refractivity contribution in [3.05, 3.63) is 64.8 Å². The standard InChI is InChI=1S/C24H27N3O3S/c1-30-15-13-26-23(28)22-19(18-9-2-3-11-21(18)31-22)16-17-8-5-7-14-27(17)24(29)20-10-4-6-12-25-20/h2-4,6,9-12,17H,5,7-8,13-16H2,1H3,(H,26,28). The van der Waals surface area contributed by atoms with Crippen LogP contribution in [-0.4, -0.2) is 54.5 Å². The fourth-order valence-corrected chi connectivity index (χ4v) is 5.33. The number of nitrogens with one attached hydrogen (secondary N) is 1. The number of amides is 2. The van der Waals surface area contributed by atoms with Crippen molar-refractivity contribution in [3.63, 3.8) is 0 Å². The fourth-order valence-electron chi connectivity index (χ4n) is 4.18. The summed E-state index contributed by atoms with van der Waals surface area (Å²) in [5, 5.41) is 4.05. The number of carbonyl (C=O) groups excluding carboxylic acids is 2. The maximum absolute atomic E-state index is 13.2. The maximum Gasteiger partial charge on any atom is 0.272 e. The van der Waals surface area contributed by atoms with Crippen molar-refractivity contribution in [3.8, 4) is 0 Å². The molecule has 1 aromatic carbocycles. The van der Waals surface area contributed by atoms with Crippen LogP contribution >= 0.6 is 11.3 Å². The Hall–Kier alpha value is -2.77. The first-order valence-corrected chi connectivity index (χ1v) is 11.5. The molecule has 31 heavy (non-hydrogen) atoms. The Morgan fingerprint density at radius 2 is 2.03 bits per heavy atom. The quantitative estimate of drug-likeness (QED) is 0.569. The minimum absolute atomic E-state index is 0.0315. The van der Waals surface area contributed by atoms with E-state index >= 15 is 0 Å². The van der Waals surface area contributed by atoms with Gasteiger partial charge in [0.15, 0.2) is 0 Å². The Bertz CT molecular complexity index is 1050. The van der Waals surface area contributed by atoms with E-state index in [4.69, 9.17) is 4.74 Å². The molecule has 3 heterocycles. The van der Waals surface area contributed by atoms with E-state index in [-0.39, 0.29) is 17.9 Å². The summed E-state index contributed by atoms with van der Waals surface area (Å²) >= 11 is 1.52. The van der Waals surface area contributed by atoms with Crippen LogP contribution in [-0.2, 0) is 11.2 Å². The Kier molecular flexibility index (Phi) is 6.94. The van der Waals surface area contributed by atoms with Gasteiger partial charge in [-0.15, -0.1) is 11.3 Å². The number of rotatable bonds is 7. The highest BCUT2D eigenvalue weighted by atomic mass is 32.1. The van der Waals surface area contributed by atoms with Crippen molar-refractivity contribution in [1.29, 1.82) is 0 Å². The largest absolute Gasteiger partial charge is 0.383 e. The van der Waals surface area contributed by atoms with Crippen LogP contribution in [0.4, 0.5) is 0 Å². The highest BCUT2D eigenvalue weighted by Gasteiger charge is 2.30. The van der Waals surface area contributed by atoms with Gasteiger partial charge in [-0.05, 0) is 54.8 Å². The summed E-state index contributed by atoms with van der Waals surface area (Å²) in [7, 11) is 1.62. The number of thiophene rings is 1. The molecular weight excluding hydrogens is 410 g/mol. The number of pyridine rings is 1. The number of aromatic nitrogens is 1. The van der Waals surface area contributed by atoms with Crippen LogP contribution in [0.25, 0.3) is 10.1 Å². The number of piperidine rings is 1. The zero-order chi connectivity index (χ0) is 21.6. The number of likely N-dealkylation sites (tertiary alicyclic amines) is 1. The molecule has 1 atom stereocenters. The molecule has 2 amide bonds. The molecule has 1 aliphatic rings. The Morgan fingerprint density at radius 1 is 1.19 bits per heavy atom. The molecule has 7 heteroatoms. The predicted octanol–water partition coefficient (Wildman–Crippen LogP) is 3.91. The lowest BCUT2D eigenvalue weighted by molar-refractivity contribution is 0.0608. The SMILES string of the molecule is COCCNC(=O)c1sc2ccccc2c1CC1CCCCN1C(=O)c1ccccn1. The molecule has 0 bridgehead atoms. The third kappa shape index (κ3) is 4.78. The van der Waals surface area contributed by atoms with Crippen LogP contribution in [0.15, 0.2) is 48.7 Å². The number of fused-ring (bicyclic) bond motifs is 1. The molecule has 1 unspecified atom stereocenters. The topological polar surface area (TPSA) is 71.5 Å². The van der Waals surface area contributed by atoms with Gasteiger partial charge < -0.3 is 15.0 Å². The van der Waals surface area contributed by atoms with Crippen molar-refractivity contribution in [2.24, 2.45) is 0 Å². The number of hydrogen-bond acceptors (Lipinski definition) is 5. The van der Waals surface area contributed by atoms with Crippen LogP contribution in [0.1, 0.15) is 45.0 Å². The molecule has 162 valence electrons. The third-order valence-electron chi connectivity index (χ3n) is 5.71. The monoisotopic (exact) mass is 437 g/mol. The highest BCUT2D eigenvalue weighted by Crippen LogP contribution is 2.34. The van der Waals surface area contributed by atoms with E-state index in [0.29, 0.717) is 25.3 Å². The van der Waals surface area contributed by atoms with Crippen LogP contribution in [0.2, 0.25) is 0 Å². The normalized spacial score (nSPS) is 16.4. The van der Waals surface area contributed by atoms with Gasteiger partial charge in [0.1, 0.15) is 5.69 Å². The number of nitrogens with zero attached hydrogens (tertiary/aromatic N) is 2. The molecule has 3 aromatic rings. The van der Waals surface area contributed by atoms with Gasteiger partial charge in [-0.1, -0.05) is 24.3 Å². The molecule has 1 fully saturated rings. The van der Waals surface area contributed by atoms with E-state index < -0.39 is 0 Å². The third-order valence-corrected chi connectivity index (χ3v) is 6.92. The second-order valence-corrected chi connectivity index (χ2v) is 8.77. The molecule has 2 aromatic heterocycles. The van der Waals surface area contributed by atoms with E-state index in [1.807, 2.05) is 35.2 Å². The Balaban J connectivity index is 1.63. The first-order chi connectivity index (χ1) is 15.2. The van der Waals surface area contributed by atoms with Crippen molar-refractivity contribution in [2.75, 3.05) is 26.8 Å². The highest BCUT2D eigenvalue weighted by molar-refractivity contribution is 7.21. The lowest BCUT2D eigenvalue weighted by Crippen LogP contribution is -2.45. The summed E-state index contributed by atoms with van der Waals surface area (Å²) in [6.45, 7) is 1.66. The minimum atomic E-state index is -0.0772. The maximum atomic E-state index is 13.2. The summed E-state index contributed by atoms with van der Waals surface area (Å²) in [6, 6.07) is 13.6. The molecule has 4 rings (SSSR count). The van der Waals surface area contributed by atoms with Crippen molar-refractivity contribution >= 4 is 33.2 Å². The van der Waals surface area contributed by atoms with Crippen LogP contribution < -0.4 is 5.32 Å². The zero-order valence-electron chi connectivity index (χ0n) is 17.7. The van der Waals surface area contributed by atoms with Crippen LogP contribution in [0.5, 0.6) is 0 Å². The van der Waals surface area contributed by atoms with Gasteiger partial charge in [-0.3, -0.25) is 14.6 Å². The second-order valence-electron chi connectivity index (χ2n) is 7.72. The van der Waals surface area contributed by atoms with Gasteiger partial charge in [0.05, 0.1) is 11.5 Å². The number of carbonyl (C=O) groups is 2. The van der Waals surface area contributed by atoms with Gasteiger partial charge in [-0.25, -0.2) is 0 Å². The zero-order valence-corrected chi connectivity index (χ0v) is 18.5. The van der Waals surface area contributed by atoms with E-state index in [1.165, 1.54) is 11.3 Å².